The first-order valence-corrected chi connectivity index (χ1v) is 11.1. The molecule has 0 unspecified atom stereocenters. The van der Waals surface area contributed by atoms with Crippen LogP contribution < -0.4 is 15.7 Å². The van der Waals surface area contributed by atoms with Gasteiger partial charge in [0.2, 0.25) is 5.43 Å². The van der Waals surface area contributed by atoms with E-state index in [0.717, 1.165) is 27.3 Å². The van der Waals surface area contributed by atoms with Gasteiger partial charge in [-0.1, -0.05) is 25.1 Å². The first-order chi connectivity index (χ1) is 14.9. The number of hydrogen-bond donors (Lipinski definition) is 1. The first kappa shape index (κ1) is 21.1. The van der Waals surface area contributed by atoms with Crippen LogP contribution in [0.2, 0.25) is 0 Å². The van der Waals surface area contributed by atoms with Gasteiger partial charge < -0.3 is 9.72 Å². The summed E-state index contributed by atoms with van der Waals surface area (Å²) in [5, 5.41) is 0.624. The monoisotopic (exact) mass is 435 g/mol. The van der Waals surface area contributed by atoms with Crippen LogP contribution in [0.5, 0.6) is 5.75 Å². The van der Waals surface area contributed by atoms with Gasteiger partial charge in [-0.2, -0.15) is 0 Å². The minimum atomic E-state index is -0.202. The molecule has 4 rings (SSSR count). The van der Waals surface area contributed by atoms with Crippen LogP contribution in [0.25, 0.3) is 21.3 Å². The highest BCUT2D eigenvalue weighted by Crippen LogP contribution is 2.36. The minimum Gasteiger partial charge on any atom is -0.488 e. The maximum Gasteiger partial charge on any atom is 0.263 e. The average Bonchev–Trinajstić information content (AvgIpc) is 3.08. The van der Waals surface area contributed by atoms with E-state index in [1.165, 1.54) is 33.1 Å². The lowest BCUT2D eigenvalue weighted by atomic mass is 9.99. The molecule has 0 amide bonds. The number of H-pyrrole nitrogens is 1. The van der Waals surface area contributed by atoms with Gasteiger partial charge in [0.05, 0.1) is 24.9 Å². The molecule has 0 spiro atoms. The standard InChI is InChI=1S/C24H25N3O3S/c1-5-8-30-20-11-25-18(10-19(20)28)12-27-13-26-23-22(24(27)29)21(16(4)31-23)17-7-6-14(2)15(3)9-17/h6-7,9-11,13H,5,8,12H2,1-4H3,(H,25,28). The quantitative estimate of drug-likeness (QED) is 0.481. The van der Waals surface area contributed by atoms with Crippen molar-refractivity contribution >= 4 is 21.6 Å². The maximum atomic E-state index is 13.4. The van der Waals surface area contributed by atoms with E-state index in [0.29, 0.717) is 17.7 Å². The molecule has 0 atom stereocenters. The van der Waals surface area contributed by atoms with E-state index < -0.39 is 0 Å². The van der Waals surface area contributed by atoms with Gasteiger partial charge in [-0.05, 0) is 43.9 Å². The van der Waals surface area contributed by atoms with Crippen molar-refractivity contribution in [2.24, 2.45) is 0 Å². The van der Waals surface area contributed by atoms with Gasteiger partial charge in [0, 0.05) is 28.4 Å². The van der Waals surface area contributed by atoms with Crippen molar-refractivity contribution in [1.82, 2.24) is 14.5 Å². The summed E-state index contributed by atoms with van der Waals surface area (Å²) in [5.41, 5.74) is 4.66. The van der Waals surface area contributed by atoms with E-state index in [9.17, 15) is 9.59 Å². The number of nitrogens with one attached hydrogen (secondary N) is 1. The molecule has 3 aromatic heterocycles. The summed E-state index contributed by atoms with van der Waals surface area (Å²) in [6.45, 7) is 8.87. The molecule has 3 heterocycles. The van der Waals surface area contributed by atoms with Gasteiger partial charge in [0.25, 0.3) is 5.56 Å². The molecular weight excluding hydrogens is 410 g/mol. The predicted octanol–water partition coefficient (Wildman–Crippen LogP) is 4.58. The lowest BCUT2D eigenvalue weighted by molar-refractivity contribution is 0.313. The summed E-state index contributed by atoms with van der Waals surface area (Å²) in [6.07, 6.45) is 3.93. The van der Waals surface area contributed by atoms with E-state index >= 15 is 0 Å². The Kier molecular flexibility index (Phi) is 5.78. The Bertz CT molecular complexity index is 1380. The Morgan fingerprint density at radius 2 is 1.94 bits per heavy atom. The molecule has 160 valence electrons. The smallest absolute Gasteiger partial charge is 0.263 e. The summed E-state index contributed by atoms with van der Waals surface area (Å²) >= 11 is 1.53. The van der Waals surface area contributed by atoms with Gasteiger partial charge in [-0.15, -0.1) is 11.3 Å². The van der Waals surface area contributed by atoms with Crippen molar-refractivity contribution in [3.8, 4) is 16.9 Å². The Hall–Kier alpha value is -3.19. The zero-order valence-corrected chi connectivity index (χ0v) is 18.9. The van der Waals surface area contributed by atoms with Crippen LogP contribution >= 0.6 is 11.3 Å². The van der Waals surface area contributed by atoms with Gasteiger partial charge >= 0.3 is 0 Å². The fraction of sp³-hybridized carbons (Fsp3) is 0.292. The summed E-state index contributed by atoms with van der Waals surface area (Å²) in [4.78, 5) is 35.1. The van der Waals surface area contributed by atoms with Crippen LogP contribution in [0, 0.1) is 20.8 Å². The highest BCUT2D eigenvalue weighted by atomic mass is 32.1. The molecule has 4 aromatic rings. The van der Waals surface area contributed by atoms with Crippen LogP contribution in [0.4, 0.5) is 0 Å². The number of rotatable bonds is 6. The fourth-order valence-corrected chi connectivity index (χ4v) is 4.60. The second kappa shape index (κ2) is 8.51. The van der Waals surface area contributed by atoms with Gasteiger partial charge in [-0.3, -0.25) is 14.2 Å². The minimum absolute atomic E-state index is 0.116. The van der Waals surface area contributed by atoms with Crippen LogP contribution in [-0.4, -0.2) is 21.1 Å². The van der Waals surface area contributed by atoms with Crippen LogP contribution in [-0.2, 0) is 6.54 Å². The number of fused-ring (bicyclic) bond motifs is 1. The van der Waals surface area contributed by atoms with E-state index in [-0.39, 0.29) is 23.3 Å². The third kappa shape index (κ3) is 4.05. The molecule has 0 radical (unpaired) electrons. The Labute approximate surface area is 184 Å². The molecule has 0 fully saturated rings. The van der Waals surface area contributed by atoms with E-state index in [2.05, 4.69) is 42.0 Å². The van der Waals surface area contributed by atoms with Crippen molar-refractivity contribution in [2.75, 3.05) is 6.61 Å². The number of aromatic amines is 1. The molecule has 31 heavy (non-hydrogen) atoms. The molecule has 6 nitrogen and oxygen atoms in total. The van der Waals surface area contributed by atoms with E-state index in [1.807, 2.05) is 13.8 Å². The lowest BCUT2D eigenvalue weighted by Crippen LogP contribution is -2.22. The summed E-state index contributed by atoms with van der Waals surface area (Å²) < 4.78 is 6.97. The maximum absolute atomic E-state index is 13.4. The third-order valence-electron chi connectivity index (χ3n) is 5.39. The second-order valence-corrected chi connectivity index (χ2v) is 8.93. The highest BCUT2D eigenvalue weighted by Gasteiger charge is 2.17. The Balaban J connectivity index is 1.76. The second-order valence-electron chi connectivity index (χ2n) is 7.73. The van der Waals surface area contributed by atoms with Crippen molar-refractivity contribution in [1.29, 1.82) is 0 Å². The Morgan fingerprint density at radius 3 is 2.65 bits per heavy atom. The molecule has 1 N–H and O–H groups in total. The topological polar surface area (TPSA) is 77.0 Å². The number of hydrogen-bond acceptors (Lipinski definition) is 5. The van der Waals surface area contributed by atoms with Gasteiger partial charge in [-0.25, -0.2) is 4.98 Å². The number of nitrogens with zero attached hydrogens (tertiary/aromatic N) is 2. The Morgan fingerprint density at radius 1 is 1.13 bits per heavy atom. The highest BCUT2D eigenvalue weighted by molar-refractivity contribution is 7.19. The number of benzene rings is 1. The number of ether oxygens (including phenoxy) is 1. The summed E-state index contributed by atoms with van der Waals surface area (Å²) in [5.74, 6) is 0.289. The van der Waals surface area contributed by atoms with Crippen molar-refractivity contribution in [3.63, 3.8) is 0 Å². The number of aryl methyl sites for hydroxylation is 3. The van der Waals surface area contributed by atoms with Gasteiger partial charge in [0.1, 0.15) is 4.83 Å². The number of pyridine rings is 1. The average molecular weight is 436 g/mol. The molecular formula is C24H25N3O3S. The lowest BCUT2D eigenvalue weighted by Gasteiger charge is -2.09. The summed E-state index contributed by atoms with van der Waals surface area (Å²) in [7, 11) is 0. The van der Waals surface area contributed by atoms with Gasteiger partial charge in [0.15, 0.2) is 5.75 Å². The van der Waals surface area contributed by atoms with E-state index in [1.54, 1.807) is 12.5 Å². The molecule has 0 saturated heterocycles. The molecule has 0 aliphatic carbocycles. The molecule has 0 saturated carbocycles. The first-order valence-electron chi connectivity index (χ1n) is 10.3. The molecule has 7 heteroatoms. The number of thiophene rings is 1. The molecule has 0 aliphatic rings. The largest absolute Gasteiger partial charge is 0.488 e. The van der Waals surface area contributed by atoms with Crippen LogP contribution in [0.3, 0.4) is 0 Å². The normalized spacial score (nSPS) is 11.2. The van der Waals surface area contributed by atoms with Crippen molar-refractivity contribution in [2.45, 2.75) is 40.7 Å². The zero-order chi connectivity index (χ0) is 22.1. The molecule has 0 bridgehead atoms. The third-order valence-corrected chi connectivity index (χ3v) is 6.40. The molecule has 1 aromatic carbocycles. The van der Waals surface area contributed by atoms with Crippen molar-refractivity contribution in [3.05, 3.63) is 79.1 Å². The molecule has 0 aliphatic heterocycles. The number of aromatic nitrogens is 3. The van der Waals surface area contributed by atoms with Crippen LogP contribution in [0.15, 0.2) is 46.4 Å². The fourth-order valence-electron chi connectivity index (χ4n) is 3.59. The van der Waals surface area contributed by atoms with E-state index in [4.69, 9.17) is 4.74 Å². The predicted molar refractivity (Wildman–Crippen MR) is 125 cm³/mol. The SMILES string of the molecule is CCCOc1c[nH]c(Cn2cnc3sc(C)c(-c4ccc(C)c(C)c4)c3c2=O)cc1=O. The zero-order valence-electron chi connectivity index (χ0n) is 18.1. The summed E-state index contributed by atoms with van der Waals surface area (Å²) in [6, 6.07) is 7.73. The van der Waals surface area contributed by atoms with Crippen LogP contribution in [0.1, 0.15) is 35.0 Å². The van der Waals surface area contributed by atoms with Crippen molar-refractivity contribution < 1.29 is 4.74 Å².